The lowest BCUT2D eigenvalue weighted by Gasteiger charge is -2.27. The van der Waals surface area contributed by atoms with E-state index in [1.54, 1.807) is 0 Å². The molecule has 0 bridgehead atoms. The van der Waals surface area contributed by atoms with Gasteiger partial charge in [0, 0.05) is 6.04 Å². The summed E-state index contributed by atoms with van der Waals surface area (Å²) in [5.41, 5.74) is 0. The molecule has 1 saturated carbocycles. The van der Waals surface area contributed by atoms with Crippen LogP contribution in [-0.2, 0) is 0 Å². The van der Waals surface area contributed by atoms with Crippen molar-refractivity contribution in [2.75, 3.05) is 26.2 Å². The summed E-state index contributed by atoms with van der Waals surface area (Å²) < 4.78 is 0. The first-order valence-corrected chi connectivity index (χ1v) is 7.77. The lowest BCUT2D eigenvalue weighted by Crippen LogP contribution is -2.39. The third-order valence-corrected chi connectivity index (χ3v) is 4.28. The van der Waals surface area contributed by atoms with E-state index >= 15 is 0 Å². The van der Waals surface area contributed by atoms with Gasteiger partial charge in [-0.3, -0.25) is 0 Å². The van der Waals surface area contributed by atoms with E-state index in [1.165, 1.54) is 64.7 Å². The van der Waals surface area contributed by atoms with Crippen molar-refractivity contribution in [3.8, 4) is 0 Å². The summed E-state index contributed by atoms with van der Waals surface area (Å²) in [5.74, 6) is 0.956. The van der Waals surface area contributed by atoms with Crippen molar-refractivity contribution >= 4 is 0 Å². The maximum Gasteiger partial charge on any atom is 0.0107 e. The van der Waals surface area contributed by atoms with Crippen LogP contribution >= 0.6 is 0 Å². The van der Waals surface area contributed by atoms with E-state index in [0.29, 0.717) is 0 Å². The van der Waals surface area contributed by atoms with E-state index in [9.17, 15) is 0 Å². The van der Waals surface area contributed by atoms with Gasteiger partial charge in [0.2, 0.25) is 0 Å². The fourth-order valence-corrected chi connectivity index (χ4v) is 3.06. The summed E-state index contributed by atoms with van der Waals surface area (Å²) in [6, 6.07) is 0.776. The molecule has 0 aromatic rings. The second-order valence-electron chi connectivity index (χ2n) is 5.42. The Bertz CT molecular complexity index is 172. The minimum atomic E-state index is 0.776. The molecule has 102 valence electrons. The number of hydrogen-bond acceptors (Lipinski definition) is 2. The van der Waals surface area contributed by atoms with Crippen molar-refractivity contribution in [2.24, 2.45) is 5.92 Å². The molecule has 0 aromatic heterocycles. The summed E-state index contributed by atoms with van der Waals surface area (Å²) in [5, 5.41) is 3.79. The molecule has 1 unspecified atom stereocenters. The Morgan fingerprint density at radius 1 is 1.12 bits per heavy atom. The van der Waals surface area contributed by atoms with Crippen molar-refractivity contribution in [3.05, 3.63) is 0 Å². The highest BCUT2D eigenvalue weighted by atomic mass is 15.1. The highest BCUT2D eigenvalue weighted by Gasteiger charge is 2.24. The van der Waals surface area contributed by atoms with Gasteiger partial charge in [0.05, 0.1) is 0 Å². The first-order valence-electron chi connectivity index (χ1n) is 7.77. The Balaban J connectivity index is 2.33. The van der Waals surface area contributed by atoms with Crippen LogP contribution in [0.5, 0.6) is 0 Å². The Morgan fingerprint density at radius 2 is 1.76 bits per heavy atom. The van der Waals surface area contributed by atoms with Crippen LogP contribution in [0.1, 0.15) is 59.3 Å². The van der Waals surface area contributed by atoms with Crippen molar-refractivity contribution in [2.45, 2.75) is 65.3 Å². The molecule has 0 aliphatic heterocycles. The molecule has 0 spiro atoms. The van der Waals surface area contributed by atoms with Crippen LogP contribution in [0.4, 0.5) is 0 Å². The van der Waals surface area contributed by atoms with E-state index in [2.05, 4.69) is 31.0 Å². The zero-order valence-electron chi connectivity index (χ0n) is 12.2. The van der Waals surface area contributed by atoms with E-state index in [-0.39, 0.29) is 0 Å². The van der Waals surface area contributed by atoms with Crippen molar-refractivity contribution in [1.82, 2.24) is 10.2 Å². The van der Waals surface area contributed by atoms with E-state index in [4.69, 9.17) is 0 Å². The average Bonchev–Trinajstić information content (AvgIpc) is 2.87. The Hall–Kier alpha value is -0.0800. The molecule has 1 rings (SSSR count). The van der Waals surface area contributed by atoms with Gasteiger partial charge in [-0.05, 0) is 57.8 Å². The zero-order chi connectivity index (χ0) is 12.5. The fraction of sp³-hybridized carbons (Fsp3) is 1.00. The van der Waals surface area contributed by atoms with Gasteiger partial charge in [0.1, 0.15) is 0 Å². The van der Waals surface area contributed by atoms with Crippen LogP contribution in [0, 0.1) is 5.92 Å². The summed E-state index contributed by atoms with van der Waals surface area (Å²) >= 11 is 0. The van der Waals surface area contributed by atoms with E-state index in [0.717, 1.165) is 12.0 Å². The molecule has 2 nitrogen and oxygen atoms in total. The normalized spacial score (nSPS) is 19.1. The first-order chi connectivity index (χ1) is 8.31. The minimum Gasteiger partial charge on any atom is -0.314 e. The standard InChI is InChI=1S/C15H32N2/c1-4-12-16-15(14-9-7-8-10-14)11-13-17(5-2)6-3/h14-16H,4-13H2,1-3H3. The predicted octanol–water partition coefficient (Wildman–Crippen LogP) is 3.28. The molecule has 1 atom stereocenters. The maximum absolute atomic E-state index is 3.79. The molecule has 0 aromatic carbocycles. The highest BCUT2D eigenvalue weighted by Crippen LogP contribution is 2.29. The zero-order valence-corrected chi connectivity index (χ0v) is 12.2. The Labute approximate surface area is 108 Å². The summed E-state index contributed by atoms with van der Waals surface area (Å²) in [6.07, 6.45) is 8.43. The van der Waals surface area contributed by atoms with Crippen LogP contribution in [0.15, 0.2) is 0 Å². The second kappa shape index (κ2) is 8.93. The third kappa shape index (κ3) is 5.39. The summed E-state index contributed by atoms with van der Waals surface area (Å²) in [6.45, 7) is 11.7. The van der Waals surface area contributed by atoms with Crippen LogP contribution in [0.25, 0.3) is 0 Å². The van der Waals surface area contributed by atoms with Gasteiger partial charge in [0.25, 0.3) is 0 Å². The van der Waals surface area contributed by atoms with Gasteiger partial charge in [-0.25, -0.2) is 0 Å². The van der Waals surface area contributed by atoms with E-state index < -0.39 is 0 Å². The number of nitrogens with one attached hydrogen (secondary N) is 1. The van der Waals surface area contributed by atoms with Gasteiger partial charge in [-0.2, -0.15) is 0 Å². The van der Waals surface area contributed by atoms with Gasteiger partial charge in [-0.1, -0.05) is 33.6 Å². The van der Waals surface area contributed by atoms with Crippen LogP contribution in [-0.4, -0.2) is 37.1 Å². The topological polar surface area (TPSA) is 15.3 Å². The molecule has 0 radical (unpaired) electrons. The summed E-state index contributed by atoms with van der Waals surface area (Å²) in [4.78, 5) is 2.55. The smallest absolute Gasteiger partial charge is 0.0107 e. The Morgan fingerprint density at radius 3 is 2.29 bits per heavy atom. The molecule has 2 heteroatoms. The van der Waals surface area contributed by atoms with E-state index in [1.807, 2.05) is 0 Å². The molecule has 1 fully saturated rings. The molecule has 1 aliphatic carbocycles. The van der Waals surface area contributed by atoms with Crippen LogP contribution in [0.2, 0.25) is 0 Å². The first kappa shape index (κ1) is 15.0. The average molecular weight is 240 g/mol. The summed E-state index contributed by atoms with van der Waals surface area (Å²) in [7, 11) is 0. The Kier molecular flexibility index (Phi) is 7.87. The molecular formula is C15H32N2. The SMILES string of the molecule is CCCNC(CCN(CC)CC)C1CCCC1. The van der Waals surface area contributed by atoms with Gasteiger partial charge < -0.3 is 10.2 Å². The molecule has 0 heterocycles. The molecule has 1 aliphatic rings. The lowest BCUT2D eigenvalue weighted by atomic mass is 9.95. The van der Waals surface area contributed by atoms with Crippen LogP contribution < -0.4 is 5.32 Å². The van der Waals surface area contributed by atoms with Crippen molar-refractivity contribution < 1.29 is 0 Å². The van der Waals surface area contributed by atoms with Crippen molar-refractivity contribution in [3.63, 3.8) is 0 Å². The number of nitrogens with zero attached hydrogens (tertiary/aromatic N) is 1. The maximum atomic E-state index is 3.79. The minimum absolute atomic E-state index is 0.776. The van der Waals surface area contributed by atoms with Gasteiger partial charge >= 0.3 is 0 Å². The van der Waals surface area contributed by atoms with Gasteiger partial charge in [0.15, 0.2) is 0 Å². The number of rotatable bonds is 9. The lowest BCUT2D eigenvalue weighted by molar-refractivity contribution is 0.253. The molecule has 0 amide bonds. The predicted molar refractivity (Wildman–Crippen MR) is 76.4 cm³/mol. The van der Waals surface area contributed by atoms with Crippen LogP contribution in [0.3, 0.4) is 0 Å². The van der Waals surface area contributed by atoms with Gasteiger partial charge in [-0.15, -0.1) is 0 Å². The number of hydrogen-bond donors (Lipinski definition) is 1. The second-order valence-corrected chi connectivity index (χ2v) is 5.42. The quantitative estimate of drug-likeness (QED) is 0.665. The fourth-order valence-electron chi connectivity index (χ4n) is 3.06. The highest BCUT2D eigenvalue weighted by molar-refractivity contribution is 4.81. The third-order valence-electron chi connectivity index (χ3n) is 4.28. The largest absolute Gasteiger partial charge is 0.314 e. The molecule has 0 saturated heterocycles. The molecular weight excluding hydrogens is 208 g/mol. The van der Waals surface area contributed by atoms with Crippen molar-refractivity contribution in [1.29, 1.82) is 0 Å². The molecule has 1 N–H and O–H groups in total. The monoisotopic (exact) mass is 240 g/mol. The molecule has 17 heavy (non-hydrogen) atoms.